The number of methoxy groups -OCH3 is 1. The molecule has 3 rings (SSSR count). The van der Waals surface area contributed by atoms with Crippen molar-refractivity contribution < 1.29 is 14.3 Å². The van der Waals surface area contributed by atoms with Crippen LogP contribution >= 0.6 is 0 Å². The fourth-order valence-electron chi connectivity index (χ4n) is 3.02. The third kappa shape index (κ3) is 4.92. The van der Waals surface area contributed by atoms with Crippen molar-refractivity contribution in [2.75, 3.05) is 7.11 Å². The highest BCUT2D eigenvalue weighted by Gasteiger charge is 2.23. The molecule has 0 spiro atoms. The predicted octanol–water partition coefficient (Wildman–Crippen LogP) is 4.76. The molecular formula is C24H25NO3. The summed E-state index contributed by atoms with van der Waals surface area (Å²) < 4.78 is 11.2. The van der Waals surface area contributed by atoms with Gasteiger partial charge in [-0.05, 0) is 41.8 Å². The Morgan fingerprint density at radius 2 is 1.39 bits per heavy atom. The van der Waals surface area contributed by atoms with Gasteiger partial charge < -0.3 is 14.8 Å². The van der Waals surface area contributed by atoms with Crippen LogP contribution in [0.25, 0.3) is 0 Å². The molecule has 0 saturated heterocycles. The molecule has 0 heterocycles. The smallest absolute Gasteiger partial charge is 0.261 e. The van der Waals surface area contributed by atoms with Crippen molar-refractivity contribution in [1.29, 1.82) is 0 Å². The lowest BCUT2D eigenvalue weighted by Gasteiger charge is -2.24. The van der Waals surface area contributed by atoms with Gasteiger partial charge in [0.15, 0.2) is 6.10 Å². The van der Waals surface area contributed by atoms with E-state index in [2.05, 4.69) is 5.32 Å². The summed E-state index contributed by atoms with van der Waals surface area (Å²) in [7, 11) is 1.64. The molecule has 1 N–H and O–H groups in total. The van der Waals surface area contributed by atoms with Crippen molar-refractivity contribution in [3.8, 4) is 11.5 Å². The summed E-state index contributed by atoms with van der Waals surface area (Å²) in [6.45, 7) is 1.94. The van der Waals surface area contributed by atoms with Gasteiger partial charge in [0.2, 0.25) is 0 Å². The molecule has 0 fully saturated rings. The number of benzene rings is 3. The Kier molecular flexibility index (Phi) is 6.68. The summed E-state index contributed by atoms with van der Waals surface area (Å²) >= 11 is 0. The monoisotopic (exact) mass is 375 g/mol. The van der Waals surface area contributed by atoms with E-state index in [0.717, 1.165) is 16.9 Å². The van der Waals surface area contributed by atoms with Gasteiger partial charge in [0.05, 0.1) is 13.2 Å². The first kappa shape index (κ1) is 19.5. The molecule has 0 saturated carbocycles. The Bertz CT molecular complexity index is 863. The highest BCUT2D eigenvalue weighted by Crippen LogP contribution is 2.25. The number of hydrogen-bond acceptors (Lipinski definition) is 3. The van der Waals surface area contributed by atoms with Crippen LogP contribution < -0.4 is 14.8 Å². The van der Waals surface area contributed by atoms with Gasteiger partial charge in [-0.3, -0.25) is 4.79 Å². The molecule has 3 aromatic rings. The van der Waals surface area contributed by atoms with Crippen molar-refractivity contribution in [3.63, 3.8) is 0 Å². The van der Waals surface area contributed by atoms with Crippen molar-refractivity contribution in [1.82, 2.24) is 5.32 Å². The first-order chi connectivity index (χ1) is 13.7. The molecule has 0 aromatic heterocycles. The Morgan fingerprint density at radius 1 is 0.821 bits per heavy atom. The molecule has 0 bridgehead atoms. The van der Waals surface area contributed by atoms with Gasteiger partial charge in [-0.1, -0.05) is 67.6 Å². The third-order valence-electron chi connectivity index (χ3n) is 4.55. The van der Waals surface area contributed by atoms with Crippen LogP contribution in [0, 0.1) is 0 Å². The van der Waals surface area contributed by atoms with Gasteiger partial charge in [-0.25, -0.2) is 0 Å². The average Bonchev–Trinajstić information content (AvgIpc) is 2.77. The molecule has 28 heavy (non-hydrogen) atoms. The number of ether oxygens (including phenoxy) is 2. The topological polar surface area (TPSA) is 47.6 Å². The number of hydrogen-bond donors (Lipinski definition) is 1. The second kappa shape index (κ2) is 9.60. The maximum Gasteiger partial charge on any atom is 0.261 e. The maximum atomic E-state index is 13.0. The first-order valence-electron chi connectivity index (χ1n) is 9.42. The second-order valence-electron chi connectivity index (χ2n) is 6.45. The van der Waals surface area contributed by atoms with Crippen molar-refractivity contribution in [2.24, 2.45) is 0 Å². The summed E-state index contributed by atoms with van der Waals surface area (Å²) in [4.78, 5) is 13.0. The molecule has 4 heteroatoms. The lowest BCUT2D eigenvalue weighted by molar-refractivity contribution is -0.128. The standard InChI is InChI=1S/C24H25NO3/c1-3-22(28-21-12-8-5-9-13-21)24(26)25-23(18-10-6-4-7-11-18)19-14-16-20(27-2)17-15-19/h4-17,22-23H,3H2,1-2H3,(H,25,26)/t22-,23+/m1/s1. The van der Waals surface area contributed by atoms with E-state index >= 15 is 0 Å². The molecule has 3 aromatic carbocycles. The zero-order valence-corrected chi connectivity index (χ0v) is 16.2. The number of para-hydroxylation sites is 1. The molecule has 0 aliphatic heterocycles. The Hall–Kier alpha value is -3.27. The molecule has 2 atom stereocenters. The van der Waals surface area contributed by atoms with E-state index in [4.69, 9.17) is 9.47 Å². The summed E-state index contributed by atoms with van der Waals surface area (Å²) in [6, 6.07) is 26.8. The number of carbonyl (C=O) groups is 1. The van der Waals surface area contributed by atoms with Crippen LogP contribution in [0.1, 0.15) is 30.5 Å². The highest BCUT2D eigenvalue weighted by molar-refractivity contribution is 5.82. The van der Waals surface area contributed by atoms with Crippen LogP contribution in [0.3, 0.4) is 0 Å². The van der Waals surface area contributed by atoms with Crippen molar-refractivity contribution in [2.45, 2.75) is 25.5 Å². The van der Waals surface area contributed by atoms with Crippen LogP contribution in [0.5, 0.6) is 11.5 Å². The van der Waals surface area contributed by atoms with Gasteiger partial charge >= 0.3 is 0 Å². The minimum atomic E-state index is -0.563. The van der Waals surface area contributed by atoms with Crippen LogP contribution in [0.2, 0.25) is 0 Å². The lowest BCUT2D eigenvalue weighted by Crippen LogP contribution is -2.40. The summed E-state index contributed by atoms with van der Waals surface area (Å²) in [5.41, 5.74) is 1.99. The van der Waals surface area contributed by atoms with E-state index in [-0.39, 0.29) is 11.9 Å². The molecule has 0 aliphatic carbocycles. The molecular weight excluding hydrogens is 350 g/mol. The van der Waals surface area contributed by atoms with E-state index in [1.807, 2.05) is 91.9 Å². The lowest BCUT2D eigenvalue weighted by atomic mass is 9.98. The van der Waals surface area contributed by atoms with Crippen LogP contribution in [-0.2, 0) is 4.79 Å². The van der Waals surface area contributed by atoms with Gasteiger partial charge in [-0.2, -0.15) is 0 Å². The molecule has 144 valence electrons. The maximum absolute atomic E-state index is 13.0. The van der Waals surface area contributed by atoms with Crippen LogP contribution in [0.4, 0.5) is 0 Å². The fourth-order valence-corrected chi connectivity index (χ4v) is 3.02. The quantitative estimate of drug-likeness (QED) is 0.618. The van der Waals surface area contributed by atoms with E-state index in [0.29, 0.717) is 12.2 Å². The SMILES string of the molecule is CC[C@@H](Oc1ccccc1)C(=O)N[C@@H](c1ccccc1)c1ccc(OC)cc1. The Labute approximate surface area is 166 Å². The van der Waals surface area contributed by atoms with Crippen LogP contribution in [-0.4, -0.2) is 19.1 Å². The second-order valence-corrected chi connectivity index (χ2v) is 6.45. The minimum Gasteiger partial charge on any atom is -0.497 e. The zero-order valence-electron chi connectivity index (χ0n) is 16.2. The Morgan fingerprint density at radius 3 is 1.96 bits per heavy atom. The van der Waals surface area contributed by atoms with Crippen LogP contribution in [0.15, 0.2) is 84.9 Å². The normalized spacial score (nSPS) is 12.6. The van der Waals surface area contributed by atoms with Gasteiger partial charge in [0.25, 0.3) is 5.91 Å². The van der Waals surface area contributed by atoms with Gasteiger partial charge in [0, 0.05) is 0 Å². The fraction of sp³-hybridized carbons (Fsp3) is 0.208. The van der Waals surface area contributed by atoms with Gasteiger partial charge in [0.1, 0.15) is 11.5 Å². The molecule has 0 aliphatic rings. The molecule has 0 radical (unpaired) electrons. The number of carbonyl (C=O) groups excluding carboxylic acids is 1. The van der Waals surface area contributed by atoms with Crippen molar-refractivity contribution >= 4 is 5.91 Å². The van der Waals surface area contributed by atoms with E-state index < -0.39 is 6.10 Å². The molecule has 0 unspecified atom stereocenters. The highest BCUT2D eigenvalue weighted by atomic mass is 16.5. The third-order valence-corrected chi connectivity index (χ3v) is 4.55. The summed E-state index contributed by atoms with van der Waals surface area (Å²) in [5, 5.41) is 3.15. The first-order valence-corrected chi connectivity index (χ1v) is 9.42. The van der Waals surface area contributed by atoms with Crippen molar-refractivity contribution in [3.05, 3.63) is 96.1 Å². The minimum absolute atomic E-state index is 0.143. The van der Waals surface area contributed by atoms with Gasteiger partial charge in [-0.15, -0.1) is 0 Å². The molecule has 1 amide bonds. The molecule has 4 nitrogen and oxygen atoms in total. The summed E-state index contributed by atoms with van der Waals surface area (Å²) in [5.74, 6) is 1.32. The van der Waals surface area contributed by atoms with E-state index in [1.165, 1.54) is 0 Å². The number of nitrogens with one attached hydrogen (secondary N) is 1. The number of amides is 1. The van der Waals surface area contributed by atoms with E-state index in [9.17, 15) is 4.79 Å². The largest absolute Gasteiger partial charge is 0.497 e. The zero-order chi connectivity index (χ0) is 19.8. The number of rotatable bonds is 8. The predicted molar refractivity (Wildman–Crippen MR) is 111 cm³/mol. The Balaban J connectivity index is 1.82. The summed E-state index contributed by atoms with van der Waals surface area (Å²) in [6.07, 6.45) is 0.0112. The van der Waals surface area contributed by atoms with E-state index in [1.54, 1.807) is 7.11 Å². The average molecular weight is 375 g/mol.